The van der Waals surface area contributed by atoms with Crippen LogP contribution in [0.25, 0.3) is 0 Å². The summed E-state index contributed by atoms with van der Waals surface area (Å²) in [6, 6.07) is 18.5. The highest BCUT2D eigenvalue weighted by molar-refractivity contribution is 7.80. The summed E-state index contributed by atoms with van der Waals surface area (Å²) in [5.74, 6) is 0.855. The Kier molecular flexibility index (Phi) is 5.30. The largest absolute Gasteiger partial charge is 0.497 e. The summed E-state index contributed by atoms with van der Waals surface area (Å²) < 4.78 is 7.56. The molecule has 3 heterocycles. The molecule has 5 nitrogen and oxygen atoms in total. The van der Waals surface area contributed by atoms with E-state index in [-0.39, 0.29) is 12.1 Å². The first-order chi connectivity index (χ1) is 13.7. The minimum atomic E-state index is 0.00662. The lowest BCUT2D eigenvalue weighted by atomic mass is 10.0. The van der Waals surface area contributed by atoms with Crippen LogP contribution in [0.4, 0.5) is 0 Å². The van der Waals surface area contributed by atoms with Crippen molar-refractivity contribution in [3.63, 3.8) is 0 Å². The van der Waals surface area contributed by atoms with Crippen LogP contribution in [0.3, 0.4) is 0 Å². The van der Waals surface area contributed by atoms with Crippen LogP contribution >= 0.6 is 12.2 Å². The Labute approximate surface area is 171 Å². The highest BCUT2D eigenvalue weighted by Crippen LogP contribution is 2.39. The second-order valence-electron chi connectivity index (χ2n) is 6.82. The molecule has 0 bridgehead atoms. The van der Waals surface area contributed by atoms with Gasteiger partial charge in [0.25, 0.3) is 0 Å². The summed E-state index contributed by atoms with van der Waals surface area (Å²) in [6.45, 7) is 3.80. The molecule has 1 aromatic carbocycles. The number of hydrogen-bond acceptors (Lipinski definition) is 3. The van der Waals surface area contributed by atoms with E-state index in [1.165, 1.54) is 11.3 Å². The second kappa shape index (κ2) is 8.02. The summed E-state index contributed by atoms with van der Waals surface area (Å²) in [4.78, 5) is 6.86. The predicted octanol–water partition coefficient (Wildman–Crippen LogP) is 4.08. The molecule has 3 aromatic rings. The lowest BCUT2D eigenvalue weighted by Crippen LogP contribution is -2.30. The lowest BCUT2D eigenvalue weighted by Gasteiger charge is -2.29. The van der Waals surface area contributed by atoms with Crippen LogP contribution in [-0.2, 0) is 13.1 Å². The maximum Gasteiger partial charge on any atom is 0.170 e. The Balaban J connectivity index is 1.71. The first-order valence-electron chi connectivity index (χ1n) is 9.47. The fourth-order valence-corrected chi connectivity index (χ4v) is 4.11. The van der Waals surface area contributed by atoms with Gasteiger partial charge in [-0.25, -0.2) is 0 Å². The number of hydrogen-bond donors (Lipinski definition) is 1. The number of benzene rings is 1. The fourth-order valence-electron chi connectivity index (χ4n) is 3.81. The Morgan fingerprint density at radius 2 is 1.93 bits per heavy atom. The molecule has 1 aliphatic rings. The van der Waals surface area contributed by atoms with Crippen LogP contribution < -0.4 is 10.1 Å². The predicted molar refractivity (Wildman–Crippen MR) is 114 cm³/mol. The number of aromatic nitrogens is 2. The Morgan fingerprint density at radius 1 is 1.11 bits per heavy atom. The maximum absolute atomic E-state index is 5.75. The van der Waals surface area contributed by atoms with Crippen LogP contribution in [-0.4, -0.2) is 26.7 Å². The van der Waals surface area contributed by atoms with E-state index in [9.17, 15) is 0 Å². The molecule has 6 heteroatoms. The molecule has 4 rings (SSSR count). The first kappa shape index (κ1) is 18.5. The van der Waals surface area contributed by atoms with E-state index in [0.717, 1.165) is 29.6 Å². The van der Waals surface area contributed by atoms with Gasteiger partial charge >= 0.3 is 0 Å². The number of ether oxygens (including phenoxy) is 1. The molecule has 0 saturated carbocycles. The molecule has 0 spiro atoms. The molecule has 0 radical (unpaired) electrons. The number of aryl methyl sites for hydroxylation is 1. The normalized spacial score (nSPS) is 18.9. The number of rotatable bonds is 6. The summed E-state index contributed by atoms with van der Waals surface area (Å²) in [5, 5.41) is 4.26. The van der Waals surface area contributed by atoms with Gasteiger partial charge in [-0.3, -0.25) is 4.98 Å². The quantitative estimate of drug-likeness (QED) is 0.640. The first-order valence-corrected chi connectivity index (χ1v) is 9.88. The van der Waals surface area contributed by atoms with E-state index in [4.69, 9.17) is 17.0 Å². The number of nitrogens with one attached hydrogen (secondary N) is 1. The van der Waals surface area contributed by atoms with Gasteiger partial charge in [0.2, 0.25) is 0 Å². The van der Waals surface area contributed by atoms with E-state index in [2.05, 4.69) is 63.2 Å². The third kappa shape index (κ3) is 3.47. The van der Waals surface area contributed by atoms with Crippen LogP contribution in [0.5, 0.6) is 5.75 Å². The molecule has 2 aromatic heterocycles. The van der Waals surface area contributed by atoms with Crippen LogP contribution in [0.2, 0.25) is 0 Å². The van der Waals surface area contributed by atoms with E-state index >= 15 is 0 Å². The van der Waals surface area contributed by atoms with Crippen molar-refractivity contribution in [1.82, 2.24) is 19.8 Å². The van der Waals surface area contributed by atoms with Crippen molar-refractivity contribution < 1.29 is 4.74 Å². The zero-order valence-electron chi connectivity index (χ0n) is 16.1. The van der Waals surface area contributed by atoms with Gasteiger partial charge in [-0.2, -0.15) is 0 Å². The molecular formula is C22H24N4OS. The van der Waals surface area contributed by atoms with Crippen molar-refractivity contribution in [1.29, 1.82) is 0 Å². The topological polar surface area (TPSA) is 42.3 Å². The van der Waals surface area contributed by atoms with Crippen molar-refractivity contribution in [2.24, 2.45) is 0 Å². The molecule has 1 saturated heterocycles. The van der Waals surface area contributed by atoms with Crippen LogP contribution in [0.1, 0.15) is 36.0 Å². The standard InChI is InChI=1S/C22H24N4OS/c1-3-25-14-6-8-19(25)21-20(18-7-4-5-13-23-18)24-22(28)26(21)15-16-9-11-17(27-2)12-10-16/h4-14,20-21H,3,15H2,1-2H3,(H,24,28)/t20-,21-/m0/s1. The zero-order chi connectivity index (χ0) is 19.5. The lowest BCUT2D eigenvalue weighted by molar-refractivity contribution is 0.297. The second-order valence-corrected chi connectivity index (χ2v) is 7.21. The number of nitrogens with zero attached hydrogens (tertiary/aromatic N) is 3. The average molecular weight is 393 g/mol. The SMILES string of the molecule is CCn1cccc1[C@H]1[C@H](c2ccccn2)NC(=S)N1Cc1ccc(OC)cc1. The van der Waals surface area contributed by atoms with Gasteiger partial charge in [0, 0.05) is 31.2 Å². The highest BCUT2D eigenvalue weighted by Gasteiger charge is 2.40. The molecule has 0 amide bonds. The minimum Gasteiger partial charge on any atom is -0.497 e. The molecule has 2 atom stereocenters. The van der Waals surface area contributed by atoms with Crippen molar-refractivity contribution >= 4 is 17.3 Å². The van der Waals surface area contributed by atoms with Gasteiger partial charge < -0.3 is 19.5 Å². The van der Waals surface area contributed by atoms with Crippen LogP contribution in [0.15, 0.2) is 67.0 Å². The Hall–Kier alpha value is -2.86. The highest BCUT2D eigenvalue weighted by atomic mass is 32.1. The molecule has 144 valence electrons. The summed E-state index contributed by atoms with van der Waals surface area (Å²) in [5.41, 5.74) is 3.42. The number of thiocarbonyl (C=S) groups is 1. The third-order valence-corrected chi connectivity index (χ3v) is 5.57. The third-order valence-electron chi connectivity index (χ3n) is 5.22. The van der Waals surface area contributed by atoms with Gasteiger partial charge in [-0.1, -0.05) is 18.2 Å². The van der Waals surface area contributed by atoms with Crippen molar-refractivity contribution in [3.8, 4) is 5.75 Å². The van der Waals surface area contributed by atoms with E-state index in [1.807, 2.05) is 30.5 Å². The Bertz CT molecular complexity index is 939. The number of methoxy groups -OCH3 is 1. The van der Waals surface area contributed by atoms with Gasteiger partial charge in [-0.05, 0) is 61.1 Å². The summed E-state index contributed by atoms with van der Waals surface area (Å²) >= 11 is 5.75. The monoisotopic (exact) mass is 392 g/mol. The van der Waals surface area contributed by atoms with Crippen molar-refractivity contribution in [2.45, 2.75) is 32.1 Å². The fraction of sp³-hybridized carbons (Fsp3) is 0.273. The Morgan fingerprint density at radius 3 is 2.61 bits per heavy atom. The van der Waals surface area contributed by atoms with E-state index in [0.29, 0.717) is 0 Å². The minimum absolute atomic E-state index is 0.00662. The van der Waals surface area contributed by atoms with Gasteiger partial charge in [0.1, 0.15) is 5.75 Å². The molecule has 0 unspecified atom stereocenters. The van der Waals surface area contributed by atoms with Crippen molar-refractivity contribution in [2.75, 3.05) is 7.11 Å². The maximum atomic E-state index is 5.75. The summed E-state index contributed by atoms with van der Waals surface area (Å²) in [6.07, 6.45) is 3.96. The van der Waals surface area contributed by atoms with Crippen LogP contribution in [0, 0.1) is 0 Å². The van der Waals surface area contributed by atoms with Gasteiger partial charge in [0.05, 0.1) is 24.9 Å². The summed E-state index contributed by atoms with van der Waals surface area (Å²) in [7, 11) is 1.68. The molecule has 0 aliphatic carbocycles. The molecule has 1 aliphatic heterocycles. The van der Waals surface area contributed by atoms with Crippen molar-refractivity contribution in [3.05, 3.63) is 83.9 Å². The molecule has 1 fully saturated rings. The van der Waals surface area contributed by atoms with E-state index < -0.39 is 0 Å². The molecular weight excluding hydrogens is 368 g/mol. The molecule has 1 N–H and O–H groups in total. The molecule has 28 heavy (non-hydrogen) atoms. The van der Waals surface area contributed by atoms with Gasteiger partial charge in [0.15, 0.2) is 5.11 Å². The zero-order valence-corrected chi connectivity index (χ0v) is 16.9. The number of pyridine rings is 1. The average Bonchev–Trinajstić information content (AvgIpc) is 3.33. The van der Waals surface area contributed by atoms with Gasteiger partial charge in [-0.15, -0.1) is 0 Å². The van der Waals surface area contributed by atoms with E-state index in [1.54, 1.807) is 7.11 Å². The smallest absolute Gasteiger partial charge is 0.170 e.